The molecule has 0 aliphatic rings. The SMILES string of the molecule is Cc1ccc(O[C@H](C)C(=O)Nc2ccccc2C(=O)NCc2ccccc2)cc1C. The standard InChI is InChI=1S/C25H26N2O3/c1-17-13-14-21(15-18(17)2)30-19(3)24(28)27-23-12-8-7-11-22(23)25(29)26-16-20-9-5-4-6-10-20/h4-15,19H,16H2,1-3H3,(H,26,29)(H,27,28)/t19-/m1/s1. The summed E-state index contributed by atoms with van der Waals surface area (Å²) in [5.74, 6) is 0.0589. The zero-order chi connectivity index (χ0) is 21.5. The number of anilines is 1. The van der Waals surface area contributed by atoms with Crippen LogP contribution in [0.15, 0.2) is 72.8 Å². The van der Waals surface area contributed by atoms with E-state index in [1.54, 1.807) is 31.2 Å². The lowest BCUT2D eigenvalue weighted by atomic mass is 10.1. The summed E-state index contributed by atoms with van der Waals surface area (Å²) in [7, 11) is 0. The van der Waals surface area contributed by atoms with Crippen LogP contribution in [0.5, 0.6) is 5.75 Å². The van der Waals surface area contributed by atoms with Crippen molar-refractivity contribution in [2.24, 2.45) is 0 Å². The quantitative estimate of drug-likeness (QED) is 0.605. The Bertz CT molecular complexity index is 1030. The second-order valence-corrected chi connectivity index (χ2v) is 7.21. The summed E-state index contributed by atoms with van der Waals surface area (Å²) in [5.41, 5.74) is 4.11. The number of hydrogen-bond donors (Lipinski definition) is 2. The molecule has 0 spiro atoms. The van der Waals surface area contributed by atoms with Crippen molar-refractivity contribution >= 4 is 17.5 Å². The summed E-state index contributed by atoms with van der Waals surface area (Å²) < 4.78 is 5.78. The van der Waals surface area contributed by atoms with Crippen molar-refractivity contribution in [3.63, 3.8) is 0 Å². The van der Waals surface area contributed by atoms with Gasteiger partial charge in [-0.1, -0.05) is 48.5 Å². The van der Waals surface area contributed by atoms with Crippen LogP contribution in [0, 0.1) is 13.8 Å². The Balaban J connectivity index is 1.65. The number of amides is 2. The first-order valence-corrected chi connectivity index (χ1v) is 9.90. The Morgan fingerprint density at radius 2 is 1.60 bits per heavy atom. The maximum absolute atomic E-state index is 12.7. The van der Waals surface area contributed by atoms with Crippen LogP contribution in [0.25, 0.3) is 0 Å². The van der Waals surface area contributed by atoms with E-state index in [0.717, 1.165) is 16.7 Å². The van der Waals surface area contributed by atoms with Crippen LogP contribution >= 0.6 is 0 Å². The minimum atomic E-state index is -0.715. The van der Waals surface area contributed by atoms with Crippen molar-refractivity contribution in [2.45, 2.75) is 33.4 Å². The van der Waals surface area contributed by atoms with Gasteiger partial charge in [0.25, 0.3) is 11.8 Å². The topological polar surface area (TPSA) is 67.4 Å². The van der Waals surface area contributed by atoms with Gasteiger partial charge in [0.1, 0.15) is 5.75 Å². The molecule has 1 atom stereocenters. The van der Waals surface area contributed by atoms with Crippen molar-refractivity contribution in [1.82, 2.24) is 5.32 Å². The van der Waals surface area contributed by atoms with Gasteiger partial charge in [0, 0.05) is 6.54 Å². The van der Waals surface area contributed by atoms with E-state index in [1.807, 2.05) is 62.4 Å². The highest BCUT2D eigenvalue weighted by atomic mass is 16.5. The fourth-order valence-corrected chi connectivity index (χ4v) is 2.94. The lowest BCUT2D eigenvalue weighted by Gasteiger charge is -2.17. The minimum Gasteiger partial charge on any atom is -0.481 e. The lowest BCUT2D eigenvalue weighted by Crippen LogP contribution is -2.31. The van der Waals surface area contributed by atoms with Gasteiger partial charge < -0.3 is 15.4 Å². The Labute approximate surface area is 177 Å². The largest absolute Gasteiger partial charge is 0.481 e. The fourth-order valence-electron chi connectivity index (χ4n) is 2.94. The zero-order valence-electron chi connectivity index (χ0n) is 17.4. The van der Waals surface area contributed by atoms with Crippen molar-refractivity contribution < 1.29 is 14.3 Å². The molecule has 2 amide bonds. The van der Waals surface area contributed by atoms with Crippen molar-refractivity contribution in [3.8, 4) is 5.75 Å². The summed E-state index contributed by atoms with van der Waals surface area (Å²) in [6.45, 7) is 6.11. The van der Waals surface area contributed by atoms with Crippen molar-refractivity contribution in [2.75, 3.05) is 5.32 Å². The minimum absolute atomic E-state index is 0.252. The maximum Gasteiger partial charge on any atom is 0.265 e. The van der Waals surface area contributed by atoms with E-state index in [9.17, 15) is 9.59 Å². The molecule has 3 aromatic rings. The van der Waals surface area contributed by atoms with Crippen LogP contribution in [-0.2, 0) is 11.3 Å². The first kappa shape index (κ1) is 21.1. The summed E-state index contributed by atoms with van der Waals surface area (Å²) in [5, 5.41) is 5.70. The zero-order valence-corrected chi connectivity index (χ0v) is 17.4. The molecule has 0 radical (unpaired) electrons. The molecule has 0 aliphatic carbocycles. The number of aryl methyl sites for hydroxylation is 2. The van der Waals surface area contributed by atoms with Gasteiger partial charge in [-0.25, -0.2) is 0 Å². The van der Waals surface area contributed by atoms with Crippen LogP contribution in [-0.4, -0.2) is 17.9 Å². The van der Waals surface area contributed by atoms with Gasteiger partial charge in [-0.15, -0.1) is 0 Å². The molecular weight excluding hydrogens is 376 g/mol. The number of benzene rings is 3. The average molecular weight is 402 g/mol. The van der Waals surface area contributed by atoms with Gasteiger partial charge in [0.15, 0.2) is 6.10 Å². The van der Waals surface area contributed by atoms with Gasteiger partial charge in [-0.05, 0) is 61.7 Å². The Morgan fingerprint density at radius 1 is 0.900 bits per heavy atom. The first-order chi connectivity index (χ1) is 14.4. The molecule has 5 heteroatoms. The smallest absolute Gasteiger partial charge is 0.265 e. The Hall–Kier alpha value is -3.60. The van der Waals surface area contributed by atoms with Crippen molar-refractivity contribution in [1.29, 1.82) is 0 Å². The first-order valence-electron chi connectivity index (χ1n) is 9.90. The Kier molecular flexibility index (Phi) is 6.86. The second-order valence-electron chi connectivity index (χ2n) is 7.21. The number of carbonyl (C=O) groups excluding carboxylic acids is 2. The molecule has 3 aromatic carbocycles. The number of para-hydroxylation sites is 1. The van der Waals surface area contributed by atoms with E-state index in [1.165, 1.54) is 0 Å². The summed E-state index contributed by atoms with van der Waals surface area (Å²) >= 11 is 0. The normalized spacial score (nSPS) is 11.4. The molecule has 0 heterocycles. The van der Waals surface area contributed by atoms with Crippen LogP contribution < -0.4 is 15.4 Å². The lowest BCUT2D eigenvalue weighted by molar-refractivity contribution is -0.122. The fraction of sp³-hybridized carbons (Fsp3) is 0.200. The van der Waals surface area contributed by atoms with Gasteiger partial charge in [0.05, 0.1) is 11.3 Å². The highest BCUT2D eigenvalue weighted by molar-refractivity contribution is 6.04. The summed E-state index contributed by atoms with van der Waals surface area (Å²) in [4.78, 5) is 25.3. The van der Waals surface area contributed by atoms with Crippen LogP contribution in [0.3, 0.4) is 0 Å². The van der Waals surface area contributed by atoms with Crippen LogP contribution in [0.4, 0.5) is 5.69 Å². The molecule has 0 saturated carbocycles. The molecule has 154 valence electrons. The second kappa shape index (κ2) is 9.74. The molecule has 3 rings (SSSR count). The number of nitrogens with one attached hydrogen (secondary N) is 2. The summed E-state index contributed by atoms with van der Waals surface area (Å²) in [6, 6.07) is 22.3. The Morgan fingerprint density at radius 3 is 2.33 bits per heavy atom. The van der Waals surface area contributed by atoms with Crippen LogP contribution in [0.2, 0.25) is 0 Å². The predicted octanol–water partition coefficient (Wildman–Crippen LogP) is 4.64. The van der Waals surface area contributed by atoms with Gasteiger partial charge in [-0.3, -0.25) is 9.59 Å². The molecular formula is C25H26N2O3. The molecule has 0 aliphatic heterocycles. The van der Waals surface area contributed by atoms with E-state index in [2.05, 4.69) is 10.6 Å². The van der Waals surface area contributed by atoms with Gasteiger partial charge in [0.2, 0.25) is 0 Å². The number of carbonyl (C=O) groups is 2. The third kappa shape index (κ3) is 5.47. The molecule has 5 nitrogen and oxygen atoms in total. The summed E-state index contributed by atoms with van der Waals surface area (Å²) in [6.07, 6.45) is -0.715. The molecule has 30 heavy (non-hydrogen) atoms. The highest BCUT2D eigenvalue weighted by Gasteiger charge is 2.18. The van der Waals surface area contributed by atoms with E-state index in [4.69, 9.17) is 4.74 Å². The molecule has 0 unspecified atom stereocenters. The molecule has 0 fully saturated rings. The number of ether oxygens (including phenoxy) is 1. The highest BCUT2D eigenvalue weighted by Crippen LogP contribution is 2.19. The molecule has 2 N–H and O–H groups in total. The average Bonchev–Trinajstić information content (AvgIpc) is 2.75. The number of rotatable bonds is 7. The molecule has 0 saturated heterocycles. The van der Waals surface area contributed by atoms with E-state index in [-0.39, 0.29) is 11.8 Å². The third-order valence-electron chi connectivity index (χ3n) is 4.89. The third-order valence-corrected chi connectivity index (χ3v) is 4.89. The van der Waals surface area contributed by atoms with Gasteiger partial charge >= 0.3 is 0 Å². The van der Waals surface area contributed by atoms with E-state index >= 15 is 0 Å². The van der Waals surface area contributed by atoms with Crippen molar-refractivity contribution in [3.05, 3.63) is 95.1 Å². The van der Waals surface area contributed by atoms with E-state index in [0.29, 0.717) is 23.5 Å². The monoisotopic (exact) mass is 402 g/mol. The number of hydrogen-bond acceptors (Lipinski definition) is 3. The predicted molar refractivity (Wildman–Crippen MR) is 119 cm³/mol. The molecule has 0 bridgehead atoms. The molecule has 0 aromatic heterocycles. The maximum atomic E-state index is 12.7. The van der Waals surface area contributed by atoms with E-state index < -0.39 is 6.10 Å². The van der Waals surface area contributed by atoms with Gasteiger partial charge in [-0.2, -0.15) is 0 Å². The van der Waals surface area contributed by atoms with Crippen LogP contribution in [0.1, 0.15) is 34.0 Å².